The molecule has 48 heavy (non-hydrogen) atoms. The van der Waals surface area contributed by atoms with Gasteiger partial charge in [0.25, 0.3) is 3.79 Å². The highest BCUT2D eigenvalue weighted by atomic mass is 35.6. The molecule has 0 radical (unpaired) electrons. The lowest BCUT2D eigenvalue weighted by molar-refractivity contribution is -0.322. The zero-order valence-corrected chi connectivity index (χ0v) is 28.8. The number of esters is 6. The predicted octanol–water partition coefficient (Wildman–Crippen LogP) is 0.996. The highest BCUT2D eigenvalue weighted by Crippen LogP contribution is 2.35. The molecule has 0 bridgehead atoms. The Morgan fingerprint density at radius 3 is 1.33 bits per heavy atom. The molecule has 1 unspecified atom stereocenters. The monoisotopic (exact) mass is 749 g/mol. The molecular formula is C27H34Cl3NO17. The average molecular weight is 751 g/mol. The van der Waals surface area contributed by atoms with Gasteiger partial charge < -0.3 is 47.4 Å². The summed E-state index contributed by atoms with van der Waals surface area (Å²) >= 11 is 17.2. The molecule has 2 rings (SSSR count). The van der Waals surface area contributed by atoms with Gasteiger partial charge in [-0.25, -0.2) is 0 Å². The number of Topliss-reactive ketones (excluding diaryl/α,β-unsaturated/α-hetero) is 1. The van der Waals surface area contributed by atoms with E-state index in [1.54, 1.807) is 0 Å². The number of alkyl halides is 3. The van der Waals surface area contributed by atoms with Crippen LogP contribution in [0.3, 0.4) is 0 Å². The first-order valence-electron chi connectivity index (χ1n) is 13.9. The number of halogens is 3. The summed E-state index contributed by atoms with van der Waals surface area (Å²) in [5.41, 5.74) is 0. The Bertz CT molecular complexity index is 1270. The lowest BCUT2D eigenvalue weighted by Gasteiger charge is -2.46. The molecule has 0 spiro atoms. The van der Waals surface area contributed by atoms with E-state index < -0.39 is 119 Å². The molecule has 0 aromatic rings. The summed E-state index contributed by atoms with van der Waals surface area (Å²) < 4.78 is 52.1. The fraction of sp³-hybridized carbons (Fsp3) is 0.704. The van der Waals surface area contributed by atoms with Gasteiger partial charge in [-0.1, -0.05) is 34.8 Å². The Morgan fingerprint density at radius 1 is 0.542 bits per heavy atom. The minimum atomic E-state index is -2.45. The second kappa shape index (κ2) is 17.4. The highest BCUT2D eigenvalue weighted by Gasteiger charge is 2.57. The quantitative estimate of drug-likeness (QED) is 0.102. The molecular weight excluding hydrogens is 717 g/mol. The van der Waals surface area contributed by atoms with E-state index in [0.717, 1.165) is 48.5 Å². The van der Waals surface area contributed by atoms with Crippen LogP contribution < -0.4 is 0 Å². The van der Waals surface area contributed by atoms with Gasteiger partial charge in [0.15, 0.2) is 48.7 Å². The number of hydrogen-bond donors (Lipinski definition) is 1. The third-order valence-corrected chi connectivity index (χ3v) is 6.73. The molecule has 2 fully saturated rings. The average Bonchev–Trinajstić information content (AvgIpc) is 2.91. The van der Waals surface area contributed by atoms with Crippen LogP contribution in [0.25, 0.3) is 0 Å². The van der Waals surface area contributed by atoms with Crippen molar-refractivity contribution in [3.05, 3.63) is 0 Å². The van der Waals surface area contributed by atoms with Crippen LogP contribution in [0.15, 0.2) is 0 Å². The third-order valence-electron chi connectivity index (χ3n) is 6.22. The maximum absolute atomic E-state index is 12.6. The summed E-state index contributed by atoms with van der Waals surface area (Å²) in [4.78, 5) is 85.1. The highest BCUT2D eigenvalue weighted by molar-refractivity contribution is 6.76. The zero-order valence-electron chi connectivity index (χ0n) is 26.6. The molecule has 21 heteroatoms. The molecule has 2 aliphatic heterocycles. The molecule has 2 aliphatic rings. The fourth-order valence-corrected chi connectivity index (χ4v) is 4.83. The van der Waals surface area contributed by atoms with Crippen LogP contribution in [0.1, 0.15) is 48.5 Å². The number of nitrogens with one attached hydrogen (secondary N) is 1. The van der Waals surface area contributed by atoms with Gasteiger partial charge in [0, 0.05) is 41.5 Å². The summed E-state index contributed by atoms with van der Waals surface area (Å²) in [5, 5.41) is 8.01. The Kier molecular flexibility index (Phi) is 14.8. The standard InChI is InChI=1S/C27H34Cl3NO17/c1-9(32)17-19(41-11(3)34)21(43-13(5)36)22(44-14(6)37)24(47-17)39-8-16-18(40-10(2)33)20(42-12(4)35)23(45-15(7)38)25(46-16)48-26(31)27(28,29)30/h16-25,31H,8H2,1-7H3/t16-,17?,18+,19-,20+,21+,22-,23-,24-,25-/m1/s1. The van der Waals surface area contributed by atoms with Crippen molar-refractivity contribution in [2.45, 2.75) is 114 Å². The van der Waals surface area contributed by atoms with Crippen LogP contribution in [0.4, 0.5) is 0 Å². The van der Waals surface area contributed by atoms with Gasteiger partial charge in [0.2, 0.25) is 18.3 Å². The van der Waals surface area contributed by atoms with Crippen LogP contribution in [0, 0.1) is 5.41 Å². The van der Waals surface area contributed by atoms with Crippen molar-refractivity contribution in [3.63, 3.8) is 0 Å². The van der Waals surface area contributed by atoms with Crippen molar-refractivity contribution in [1.82, 2.24) is 0 Å². The minimum absolute atomic E-state index is 0.710. The molecule has 18 nitrogen and oxygen atoms in total. The maximum atomic E-state index is 12.6. The zero-order chi connectivity index (χ0) is 36.7. The van der Waals surface area contributed by atoms with Crippen molar-refractivity contribution in [2.75, 3.05) is 6.61 Å². The Hall–Kier alpha value is -3.29. The van der Waals surface area contributed by atoms with E-state index in [1.165, 1.54) is 0 Å². The molecule has 0 aromatic heterocycles. The van der Waals surface area contributed by atoms with Crippen molar-refractivity contribution in [1.29, 1.82) is 5.41 Å². The van der Waals surface area contributed by atoms with Crippen LogP contribution in [0.5, 0.6) is 0 Å². The summed E-state index contributed by atoms with van der Waals surface area (Å²) in [7, 11) is 0. The molecule has 0 amide bonds. The summed E-state index contributed by atoms with van der Waals surface area (Å²) in [6, 6.07) is 0. The topological polar surface area (TPSA) is 236 Å². The molecule has 0 aliphatic carbocycles. The van der Waals surface area contributed by atoms with Crippen molar-refractivity contribution < 1.29 is 80.9 Å². The molecule has 2 heterocycles. The Balaban J connectivity index is 2.61. The van der Waals surface area contributed by atoms with Crippen LogP contribution in [-0.4, -0.2) is 119 Å². The van der Waals surface area contributed by atoms with E-state index >= 15 is 0 Å². The largest absolute Gasteiger partial charge is 0.456 e. The van der Waals surface area contributed by atoms with Gasteiger partial charge in [-0.2, -0.15) is 0 Å². The molecule has 270 valence electrons. The van der Waals surface area contributed by atoms with Gasteiger partial charge in [-0.05, 0) is 6.92 Å². The smallest absolute Gasteiger partial charge is 0.303 e. The van der Waals surface area contributed by atoms with Crippen molar-refractivity contribution in [3.8, 4) is 0 Å². The number of carbonyl (C=O) groups is 7. The number of ketones is 1. The Labute approximate surface area is 288 Å². The van der Waals surface area contributed by atoms with Crippen molar-refractivity contribution in [2.24, 2.45) is 0 Å². The SMILES string of the molecule is CC(=O)O[C@H]1[C@@H](OC(C)=O)[C@@H](CO[C@@H]2OC(C(C)=O)[C@@H](OC(C)=O)[C@H](OC(C)=O)[C@H]2OC(C)=O)O[C@H](OC(=N)C(Cl)(Cl)Cl)[C@@H]1OC(C)=O. The van der Waals surface area contributed by atoms with Crippen LogP contribution in [0.2, 0.25) is 0 Å². The minimum Gasteiger partial charge on any atom is -0.456 e. The van der Waals surface area contributed by atoms with Gasteiger partial charge >= 0.3 is 35.8 Å². The second-order valence-electron chi connectivity index (χ2n) is 10.3. The molecule has 0 aromatic carbocycles. The second-order valence-corrected chi connectivity index (χ2v) is 12.6. The van der Waals surface area contributed by atoms with Crippen LogP contribution >= 0.6 is 34.8 Å². The van der Waals surface area contributed by atoms with E-state index in [0.29, 0.717) is 0 Å². The van der Waals surface area contributed by atoms with E-state index in [-0.39, 0.29) is 0 Å². The molecule has 10 atom stereocenters. The lowest BCUT2D eigenvalue weighted by Crippen LogP contribution is -2.65. The number of ether oxygens (including phenoxy) is 10. The predicted molar refractivity (Wildman–Crippen MR) is 156 cm³/mol. The first-order valence-corrected chi connectivity index (χ1v) is 15.0. The molecule has 2 saturated heterocycles. The van der Waals surface area contributed by atoms with E-state index in [2.05, 4.69) is 0 Å². The van der Waals surface area contributed by atoms with E-state index in [1.807, 2.05) is 0 Å². The first kappa shape index (κ1) is 40.9. The molecule has 0 saturated carbocycles. The van der Waals surface area contributed by atoms with E-state index in [9.17, 15) is 33.6 Å². The van der Waals surface area contributed by atoms with Gasteiger partial charge in [-0.15, -0.1) is 0 Å². The van der Waals surface area contributed by atoms with Gasteiger partial charge in [-0.3, -0.25) is 39.0 Å². The van der Waals surface area contributed by atoms with Gasteiger partial charge in [0.1, 0.15) is 6.10 Å². The van der Waals surface area contributed by atoms with Crippen molar-refractivity contribution >= 4 is 82.3 Å². The fourth-order valence-electron chi connectivity index (χ4n) is 4.69. The summed E-state index contributed by atoms with van der Waals surface area (Å²) in [5.74, 6) is -7.28. The Morgan fingerprint density at radius 2 is 0.917 bits per heavy atom. The lowest BCUT2D eigenvalue weighted by atomic mass is 9.95. The molecule has 1 N–H and O–H groups in total. The maximum Gasteiger partial charge on any atom is 0.303 e. The van der Waals surface area contributed by atoms with E-state index in [4.69, 9.17) is 87.6 Å². The van der Waals surface area contributed by atoms with Gasteiger partial charge in [0.05, 0.1) is 6.61 Å². The number of hydrogen-bond acceptors (Lipinski definition) is 18. The third kappa shape index (κ3) is 11.7. The summed E-state index contributed by atoms with van der Waals surface area (Å²) in [6.45, 7) is 6.34. The number of rotatable bonds is 11. The normalized spacial score (nSPS) is 30.1. The summed E-state index contributed by atoms with van der Waals surface area (Å²) in [6.07, 6.45) is -16.8. The number of carbonyl (C=O) groups excluding carboxylic acids is 7. The first-order chi connectivity index (χ1) is 22.1. The van der Waals surface area contributed by atoms with Crippen LogP contribution in [-0.2, 0) is 80.9 Å².